The van der Waals surface area contributed by atoms with E-state index in [0.717, 1.165) is 10.0 Å². The van der Waals surface area contributed by atoms with E-state index in [9.17, 15) is 24.0 Å². The summed E-state index contributed by atoms with van der Waals surface area (Å²) < 4.78 is 16.2. The van der Waals surface area contributed by atoms with Crippen LogP contribution in [-0.2, 0) is 28.6 Å². The van der Waals surface area contributed by atoms with Gasteiger partial charge in [0.25, 0.3) is 0 Å². The summed E-state index contributed by atoms with van der Waals surface area (Å²) in [6.07, 6.45) is 0. The largest absolute Gasteiger partial charge is 0.465 e. The molecule has 2 aromatic carbocycles. The molecule has 0 bridgehead atoms. The zero-order chi connectivity index (χ0) is 33.6. The third-order valence-corrected chi connectivity index (χ3v) is 7.41. The number of para-hydroxylation sites is 2. The van der Waals surface area contributed by atoms with Crippen LogP contribution in [-0.4, -0.2) is 65.6 Å². The summed E-state index contributed by atoms with van der Waals surface area (Å²) in [7, 11) is 0. The highest BCUT2D eigenvalue weighted by molar-refractivity contribution is 6.11. The number of carbonyl (C=O) groups excluding carboxylic acids is 5. The van der Waals surface area contributed by atoms with Crippen LogP contribution in [0.4, 0.5) is 21.0 Å². The number of hydrogen-bond donors (Lipinski definition) is 5. The average molecular weight is 636 g/mol. The number of hydrazine groups is 2. The van der Waals surface area contributed by atoms with Gasteiger partial charge in [0.05, 0.1) is 31.0 Å². The maximum Gasteiger partial charge on any atom is 0.338 e. The summed E-state index contributed by atoms with van der Waals surface area (Å²) in [5.74, 6) is -5.59. The van der Waals surface area contributed by atoms with E-state index in [-0.39, 0.29) is 31.2 Å². The SMILES string of the molecule is CCOC(=O)C1=C(C)N(NC(=O)Nc2ccccc2)C2(N)N(NC(=O)Nc3ccccc3)C(C)=C(C(=O)OCC)C12C(=O)OCC. The molecule has 15 nitrogen and oxygen atoms in total. The van der Waals surface area contributed by atoms with Crippen LogP contribution in [0.5, 0.6) is 0 Å². The summed E-state index contributed by atoms with van der Waals surface area (Å²) >= 11 is 0. The Labute approximate surface area is 265 Å². The number of carbonyl (C=O) groups is 5. The Bertz CT molecular complexity index is 1470. The second-order valence-corrected chi connectivity index (χ2v) is 10.1. The first-order chi connectivity index (χ1) is 22.0. The van der Waals surface area contributed by atoms with Crippen molar-refractivity contribution in [2.75, 3.05) is 30.5 Å². The van der Waals surface area contributed by atoms with Crippen molar-refractivity contribution in [3.05, 3.63) is 83.2 Å². The molecule has 0 radical (unpaired) electrons. The van der Waals surface area contributed by atoms with Gasteiger partial charge in [-0.05, 0) is 58.9 Å². The molecule has 2 aliphatic rings. The van der Waals surface area contributed by atoms with Crippen molar-refractivity contribution >= 4 is 41.3 Å². The van der Waals surface area contributed by atoms with Crippen LogP contribution in [0, 0.1) is 5.41 Å². The molecular formula is C31H37N7O8. The highest BCUT2D eigenvalue weighted by atomic mass is 16.5. The average Bonchev–Trinajstić information content (AvgIpc) is 3.33. The molecule has 2 aliphatic heterocycles. The van der Waals surface area contributed by atoms with Gasteiger partial charge in [0, 0.05) is 22.8 Å². The fourth-order valence-corrected chi connectivity index (χ4v) is 5.71. The number of benzene rings is 2. The fraction of sp³-hybridized carbons (Fsp3) is 0.323. The van der Waals surface area contributed by atoms with Gasteiger partial charge in [-0.2, -0.15) is 0 Å². The summed E-state index contributed by atoms with van der Waals surface area (Å²) in [6.45, 7) is 7.08. The Morgan fingerprint density at radius 3 is 1.37 bits per heavy atom. The smallest absolute Gasteiger partial charge is 0.338 e. The van der Waals surface area contributed by atoms with E-state index in [1.165, 1.54) is 20.8 Å². The van der Waals surface area contributed by atoms with Gasteiger partial charge in [-0.25, -0.2) is 40.0 Å². The van der Waals surface area contributed by atoms with Crippen LogP contribution in [0.25, 0.3) is 0 Å². The molecule has 0 aliphatic carbocycles. The molecule has 0 atom stereocenters. The van der Waals surface area contributed by atoms with E-state index in [4.69, 9.17) is 19.9 Å². The monoisotopic (exact) mass is 635 g/mol. The maximum atomic E-state index is 14.3. The summed E-state index contributed by atoms with van der Waals surface area (Å²) in [5.41, 5.74) is 9.79. The van der Waals surface area contributed by atoms with Gasteiger partial charge in [-0.1, -0.05) is 36.4 Å². The molecule has 4 rings (SSSR count). The minimum atomic E-state index is -2.50. The summed E-state index contributed by atoms with van der Waals surface area (Å²) in [5, 5.41) is 7.34. The lowest BCUT2D eigenvalue weighted by molar-refractivity contribution is -0.170. The first-order valence-electron chi connectivity index (χ1n) is 14.6. The Kier molecular flexibility index (Phi) is 9.85. The number of anilines is 2. The number of nitrogens with zero attached hydrogens (tertiary/aromatic N) is 2. The maximum absolute atomic E-state index is 14.3. The Balaban J connectivity index is 1.95. The molecule has 6 N–H and O–H groups in total. The minimum Gasteiger partial charge on any atom is -0.465 e. The van der Waals surface area contributed by atoms with Crippen molar-refractivity contribution in [2.45, 2.75) is 40.4 Å². The van der Waals surface area contributed by atoms with Gasteiger partial charge in [-0.15, -0.1) is 0 Å². The number of ether oxygens (including phenoxy) is 3. The van der Waals surface area contributed by atoms with Crippen LogP contribution in [0.3, 0.4) is 0 Å². The minimum absolute atomic E-state index is 0.0678. The van der Waals surface area contributed by atoms with E-state index in [2.05, 4.69) is 21.5 Å². The van der Waals surface area contributed by atoms with Gasteiger partial charge in [0.2, 0.25) is 5.79 Å². The topological polar surface area (TPSA) is 194 Å². The Morgan fingerprint density at radius 1 is 0.652 bits per heavy atom. The lowest BCUT2D eigenvalue weighted by Crippen LogP contribution is -2.76. The lowest BCUT2D eigenvalue weighted by Gasteiger charge is -2.47. The van der Waals surface area contributed by atoms with Crippen molar-refractivity contribution in [1.29, 1.82) is 0 Å². The third kappa shape index (κ3) is 5.56. The number of urea groups is 2. The van der Waals surface area contributed by atoms with Gasteiger partial charge in [0.15, 0.2) is 5.41 Å². The van der Waals surface area contributed by atoms with Crippen LogP contribution < -0.4 is 27.2 Å². The van der Waals surface area contributed by atoms with Gasteiger partial charge < -0.3 is 24.8 Å². The highest BCUT2D eigenvalue weighted by Crippen LogP contribution is 2.60. The zero-order valence-electron chi connectivity index (χ0n) is 26.1. The number of nitrogens with two attached hydrogens (primary N) is 1. The second-order valence-electron chi connectivity index (χ2n) is 10.1. The molecular weight excluding hydrogens is 598 g/mol. The number of rotatable bonds is 10. The van der Waals surface area contributed by atoms with E-state index in [1.807, 2.05) is 0 Å². The van der Waals surface area contributed by atoms with Crippen LogP contribution >= 0.6 is 0 Å². The number of fused-ring (bicyclic) bond motifs is 1. The zero-order valence-corrected chi connectivity index (χ0v) is 26.1. The highest BCUT2D eigenvalue weighted by Gasteiger charge is 2.79. The lowest BCUT2D eigenvalue weighted by atomic mass is 9.71. The van der Waals surface area contributed by atoms with Crippen molar-refractivity contribution in [1.82, 2.24) is 20.9 Å². The van der Waals surface area contributed by atoms with Gasteiger partial charge >= 0.3 is 30.0 Å². The van der Waals surface area contributed by atoms with E-state index in [0.29, 0.717) is 11.4 Å². The molecule has 244 valence electrons. The molecule has 0 saturated heterocycles. The second kappa shape index (κ2) is 13.6. The summed E-state index contributed by atoms with van der Waals surface area (Å²) in [4.78, 5) is 68.7. The third-order valence-electron chi connectivity index (χ3n) is 7.41. The van der Waals surface area contributed by atoms with E-state index >= 15 is 0 Å². The molecule has 46 heavy (non-hydrogen) atoms. The van der Waals surface area contributed by atoms with Crippen LogP contribution in [0.15, 0.2) is 83.2 Å². The Hall–Kier alpha value is -5.57. The van der Waals surface area contributed by atoms with Crippen molar-refractivity contribution in [3.63, 3.8) is 0 Å². The molecule has 2 heterocycles. The van der Waals surface area contributed by atoms with Crippen LogP contribution in [0.2, 0.25) is 0 Å². The number of nitrogens with one attached hydrogen (secondary N) is 4. The first kappa shape index (κ1) is 33.3. The van der Waals surface area contributed by atoms with Gasteiger partial charge in [-0.3, -0.25) is 10.5 Å². The van der Waals surface area contributed by atoms with Crippen molar-refractivity contribution in [3.8, 4) is 0 Å². The number of esters is 3. The van der Waals surface area contributed by atoms with Crippen molar-refractivity contribution < 1.29 is 38.2 Å². The van der Waals surface area contributed by atoms with E-state index in [1.54, 1.807) is 74.5 Å². The molecule has 15 heteroatoms. The molecule has 0 fully saturated rings. The quantitative estimate of drug-likeness (QED) is 0.190. The fourth-order valence-electron chi connectivity index (χ4n) is 5.71. The molecule has 0 unspecified atom stereocenters. The molecule has 0 aromatic heterocycles. The molecule has 2 aromatic rings. The van der Waals surface area contributed by atoms with Crippen LogP contribution in [0.1, 0.15) is 34.6 Å². The standard InChI is InChI=1S/C31H37N7O8/c1-6-44-25(39)23-19(4)37(35-28(42)33-21-15-11-9-12-16-21)31(32)30(23,27(41)46-8-3)24(26(40)45-7-2)20(5)38(31)36-29(43)34-22-17-13-10-14-18-22/h9-18H,6-8,32H2,1-5H3,(H2,33,35,42)(H2,34,36,43). The normalized spacial score (nSPS) is 20.1. The molecule has 0 saturated carbocycles. The predicted molar refractivity (Wildman–Crippen MR) is 166 cm³/mol. The Morgan fingerprint density at radius 2 is 1.02 bits per heavy atom. The molecule has 4 amide bonds. The number of hydrogen-bond acceptors (Lipinski definition) is 11. The first-order valence-corrected chi connectivity index (χ1v) is 14.6. The van der Waals surface area contributed by atoms with Crippen molar-refractivity contribution in [2.24, 2.45) is 11.1 Å². The summed E-state index contributed by atoms with van der Waals surface area (Å²) in [6, 6.07) is 15.3. The van der Waals surface area contributed by atoms with E-state index < -0.39 is 52.3 Å². The number of allylic oxidation sites excluding steroid dienone is 2. The predicted octanol–water partition coefficient (Wildman–Crippen LogP) is 2.93. The van der Waals surface area contributed by atoms with Gasteiger partial charge in [0.1, 0.15) is 0 Å². The number of amides is 4. The molecule has 0 spiro atoms.